The van der Waals surface area contributed by atoms with Crippen molar-refractivity contribution < 1.29 is 5.11 Å². The van der Waals surface area contributed by atoms with E-state index >= 15 is 0 Å². The third kappa shape index (κ3) is 1.27. The van der Waals surface area contributed by atoms with Crippen molar-refractivity contribution in [1.82, 2.24) is 0 Å². The molecule has 0 aromatic carbocycles. The SMILES string of the molecule is Oc1sc(Cl)c(Cl)c1Cl. The third-order valence-corrected chi connectivity index (χ3v) is 3.10. The van der Waals surface area contributed by atoms with Crippen LogP contribution in [0.3, 0.4) is 0 Å². The Bertz CT molecular complexity index is 209. The molecule has 0 aliphatic heterocycles. The molecule has 0 saturated carbocycles. The van der Waals surface area contributed by atoms with Crippen LogP contribution >= 0.6 is 46.1 Å². The molecular formula is C4HCl3OS. The van der Waals surface area contributed by atoms with Gasteiger partial charge in [-0.2, -0.15) is 0 Å². The molecular weight excluding hydrogens is 202 g/mol. The highest BCUT2D eigenvalue weighted by molar-refractivity contribution is 7.19. The second kappa shape index (κ2) is 2.54. The molecule has 0 radical (unpaired) electrons. The van der Waals surface area contributed by atoms with Crippen LogP contribution in [0.1, 0.15) is 0 Å². The monoisotopic (exact) mass is 202 g/mol. The van der Waals surface area contributed by atoms with Crippen molar-refractivity contribution in [3.63, 3.8) is 0 Å². The zero-order chi connectivity index (χ0) is 7.02. The first-order valence-electron chi connectivity index (χ1n) is 1.95. The van der Waals surface area contributed by atoms with Gasteiger partial charge in [-0.15, -0.1) is 0 Å². The molecule has 0 amide bonds. The lowest BCUT2D eigenvalue weighted by Gasteiger charge is -1.81. The van der Waals surface area contributed by atoms with Crippen molar-refractivity contribution in [3.8, 4) is 5.06 Å². The highest BCUT2D eigenvalue weighted by Gasteiger charge is 2.11. The van der Waals surface area contributed by atoms with Crippen LogP contribution in [-0.2, 0) is 0 Å². The average molecular weight is 203 g/mol. The van der Waals surface area contributed by atoms with Gasteiger partial charge in [0.2, 0.25) is 0 Å². The van der Waals surface area contributed by atoms with Crippen LogP contribution in [0, 0.1) is 0 Å². The van der Waals surface area contributed by atoms with Crippen LogP contribution in [0.5, 0.6) is 5.06 Å². The molecule has 0 aliphatic carbocycles. The number of hydrogen-bond acceptors (Lipinski definition) is 2. The van der Waals surface area contributed by atoms with Gasteiger partial charge in [0.05, 0.1) is 5.02 Å². The van der Waals surface area contributed by atoms with E-state index < -0.39 is 0 Å². The summed E-state index contributed by atoms with van der Waals surface area (Å²) in [4.78, 5) is 0. The first-order valence-corrected chi connectivity index (χ1v) is 3.90. The van der Waals surface area contributed by atoms with Gasteiger partial charge in [0, 0.05) is 0 Å². The van der Waals surface area contributed by atoms with Crippen molar-refractivity contribution in [2.24, 2.45) is 0 Å². The summed E-state index contributed by atoms with van der Waals surface area (Å²) >= 11 is 17.4. The van der Waals surface area contributed by atoms with E-state index in [1.165, 1.54) is 0 Å². The summed E-state index contributed by atoms with van der Waals surface area (Å²) in [6.07, 6.45) is 0. The topological polar surface area (TPSA) is 20.2 Å². The van der Waals surface area contributed by atoms with Crippen LogP contribution in [0.4, 0.5) is 0 Å². The van der Waals surface area contributed by atoms with Crippen LogP contribution in [0.25, 0.3) is 0 Å². The van der Waals surface area contributed by atoms with E-state index in [9.17, 15) is 0 Å². The predicted molar refractivity (Wildman–Crippen MR) is 41.0 cm³/mol. The zero-order valence-corrected chi connectivity index (χ0v) is 7.07. The van der Waals surface area contributed by atoms with Crippen molar-refractivity contribution >= 4 is 46.1 Å². The lowest BCUT2D eigenvalue weighted by molar-refractivity contribution is 0.491. The van der Waals surface area contributed by atoms with Gasteiger partial charge in [-0.25, -0.2) is 0 Å². The first kappa shape index (κ1) is 7.48. The number of hydrogen-bond donors (Lipinski definition) is 1. The fourth-order valence-electron chi connectivity index (χ4n) is 0.355. The standard InChI is InChI=1S/C4HCl3OS/c5-1-2(6)4(8)9-3(1)7/h8H. The van der Waals surface area contributed by atoms with Crippen molar-refractivity contribution in [1.29, 1.82) is 0 Å². The maximum absolute atomic E-state index is 8.84. The molecule has 0 fully saturated rings. The van der Waals surface area contributed by atoms with E-state index in [1.54, 1.807) is 0 Å². The van der Waals surface area contributed by atoms with E-state index in [1.807, 2.05) is 0 Å². The van der Waals surface area contributed by atoms with E-state index in [0.717, 1.165) is 11.3 Å². The van der Waals surface area contributed by atoms with Crippen molar-refractivity contribution in [2.75, 3.05) is 0 Å². The molecule has 0 unspecified atom stereocenters. The van der Waals surface area contributed by atoms with Gasteiger partial charge >= 0.3 is 0 Å². The van der Waals surface area contributed by atoms with Gasteiger partial charge in [0.25, 0.3) is 0 Å². The Balaban J connectivity index is 3.29. The fourth-order valence-corrected chi connectivity index (χ4v) is 1.80. The van der Waals surface area contributed by atoms with E-state index in [4.69, 9.17) is 39.9 Å². The number of aromatic hydroxyl groups is 1. The summed E-state index contributed by atoms with van der Waals surface area (Å²) in [7, 11) is 0. The maximum atomic E-state index is 8.84. The Labute approximate surface area is 70.8 Å². The number of rotatable bonds is 0. The van der Waals surface area contributed by atoms with E-state index in [0.29, 0.717) is 4.34 Å². The molecule has 0 atom stereocenters. The van der Waals surface area contributed by atoms with Gasteiger partial charge in [-0.05, 0) is 0 Å². The minimum Gasteiger partial charge on any atom is -0.498 e. The van der Waals surface area contributed by atoms with Crippen LogP contribution in [0.15, 0.2) is 0 Å². The maximum Gasteiger partial charge on any atom is 0.193 e. The summed E-state index contributed by atoms with van der Waals surface area (Å²) in [5, 5.41) is 9.16. The summed E-state index contributed by atoms with van der Waals surface area (Å²) in [5.41, 5.74) is 0. The minimum absolute atomic E-state index is 0.0355. The van der Waals surface area contributed by atoms with Crippen molar-refractivity contribution in [2.45, 2.75) is 0 Å². The van der Waals surface area contributed by atoms with Gasteiger partial charge in [-0.1, -0.05) is 46.1 Å². The summed E-state index contributed by atoms with van der Waals surface area (Å²) in [6, 6.07) is 0. The van der Waals surface area contributed by atoms with Crippen LogP contribution in [0.2, 0.25) is 14.4 Å². The average Bonchev–Trinajstić information content (AvgIpc) is 1.98. The molecule has 1 aromatic rings. The highest BCUT2D eigenvalue weighted by atomic mass is 35.5. The van der Waals surface area contributed by atoms with Gasteiger partial charge in [0.15, 0.2) is 5.06 Å². The lowest BCUT2D eigenvalue weighted by Crippen LogP contribution is -1.53. The second-order valence-electron chi connectivity index (χ2n) is 1.31. The Hall–Kier alpha value is 0.370. The molecule has 1 rings (SSSR count). The minimum atomic E-state index is -0.0355. The van der Waals surface area contributed by atoms with E-state index in [2.05, 4.69) is 0 Å². The molecule has 9 heavy (non-hydrogen) atoms. The Kier molecular flexibility index (Phi) is 2.11. The molecule has 0 spiro atoms. The number of halogens is 3. The van der Waals surface area contributed by atoms with Crippen molar-refractivity contribution in [3.05, 3.63) is 14.4 Å². The first-order chi connectivity index (χ1) is 4.13. The molecule has 1 heterocycles. The van der Waals surface area contributed by atoms with Crippen LogP contribution < -0.4 is 0 Å². The van der Waals surface area contributed by atoms with E-state index in [-0.39, 0.29) is 15.1 Å². The smallest absolute Gasteiger partial charge is 0.193 e. The molecule has 1 nitrogen and oxygen atoms in total. The molecule has 1 aromatic heterocycles. The molecule has 5 heteroatoms. The van der Waals surface area contributed by atoms with Gasteiger partial charge in [-0.3, -0.25) is 0 Å². The van der Waals surface area contributed by atoms with Gasteiger partial charge < -0.3 is 5.11 Å². The largest absolute Gasteiger partial charge is 0.498 e. The molecule has 0 saturated heterocycles. The van der Waals surface area contributed by atoms with Gasteiger partial charge in [0.1, 0.15) is 9.36 Å². The third-order valence-electron chi connectivity index (χ3n) is 0.739. The second-order valence-corrected chi connectivity index (χ2v) is 3.67. The molecule has 0 aliphatic rings. The summed E-state index contributed by atoms with van der Waals surface area (Å²) in [5.74, 6) is 0. The Morgan fingerprint density at radius 1 is 1.11 bits per heavy atom. The quantitative estimate of drug-likeness (QED) is 0.685. The Morgan fingerprint density at radius 3 is 1.78 bits per heavy atom. The molecule has 0 bridgehead atoms. The van der Waals surface area contributed by atoms with Crippen LogP contribution in [-0.4, -0.2) is 5.11 Å². The lowest BCUT2D eigenvalue weighted by atomic mass is 10.6. The molecule has 1 N–H and O–H groups in total. The molecule has 50 valence electrons. The Morgan fingerprint density at radius 2 is 1.67 bits per heavy atom. The fraction of sp³-hybridized carbons (Fsp3) is 0. The summed E-state index contributed by atoms with van der Waals surface area (Å²) < 4.78 is 0.319. The number of thiophene rings is 1. The summed E-state index contributed by atoms with van der Waals surface area (Å²) in [6.45, 7) is 0. The zero-order valence-electron chi connectivity index (χ0n) is 3.99. The normalized spacial score (nSPS) is 10.1. The highest BCUT2D eigenvalue weighted by Crippen LogP contribution is 2.44. The predicted octanol–water partition coefficient (Wildman–Crippen LogP) is 3.41.